The van der Waals surface area contributed by atoms with Gasteiger partial charge in [0.15, 0.2) is 11.0 Å². The first-order valence-electron chi connectivity index (χ1n) is 7.09. The Morgan fingerprint density at radius 2 is 2.25 bits per heavy atom. The first-order valence-corrected chi connectivity index (χ1v) is 8.46. The molecule has 0 bridgehead atoms. The minimum atomic E-state index is -0.912. The monoisotopic (exact) mass is 363 g/mol. The molecule has 2 aromatic heterocycles. The molecule has 1 atom stereocenters. The number of carbonyl (C=O) groups is 1. The molecule has 9 heteroatoms. The van der Waals surface area contributed by atoms with E-state index in [1.807, 2.05) is 34.4 Å². The summed E-state index contributed by atoms with van der Waals surface area (Å²) in [4.78, 5) is 14.9. The summed E-state index contributed by atoms with van der Waals surface area (Å²) in [7, 11) is 0. The van der Waals surface area contributed by atoms with E-state index in [-0.39, 0.29) is 11.8 Å². The molecule has 0 aliphatic carbocycles. The number of imidazole rings is 1. The van der Waals surface area contributed by atoms with E-state index in [4.69, 9.17) is 16.7 Å². The Morgan fingerprint density at radius 3 is 2.92 bits per heavy atom. The topological polar surface area (TPSA) is 85.8 Å². The van der Waals surface area contributed by atoms with E-state index >= 15 is 0 Å². The number of aromatic nitrogens is 5. The van der Waals surface area contributed by atoms with Crippen LogP contribution in [0.5, 0.6) is 0 Å². The largest absolute Gasteiger partial charge is 0.481 e. The average molecular weight is 364 g/mol. The first-order chi connectivity index (χ1) is 11.6. The Balaban J connectivity index is 2.07. The molecule has 0 spiro atoms. The number of thioether (sulfide) groups is 1. The number of carboxylic acid groups (broad SMARTS) is 1. The van der Waals surface area contributed by atoms with Crippen molar-refractivity contribution in [3.8, 4) is 5.69 Å². The standard InChI is InChI=1S/C15H14ClN5O2S/c1-10(20-6-5-17-9-20)14-18-19-15(24-8-13(22)23)21(14)12-4-2-3-11(16)7-12/h2-7,9-10H,8H2,1H3,(H,22,23)/t10-/m1/s1. The molecule has 0 radical (unpaired) electrons. The van der Waals surface area contributed by atoms with Crippen molar-refractivity contribution in [2.45, 2.75) is 18.1 Å². The fourth-order valence-electron chi connectivity index (χ4n) is 2.26. The number of carboxylic acids is 1. The zero-order chi connectivity index (χ0) is 17.1. The van der Waals surface area contributed by atoms with Gasteiger partial charge in [-0.2, -0.15) is 0 Å². The molecule has 124 valence electrons. The molecule has 0 amide bonds. The molecule has 24 heavy (non-hydrogen) atoms. The first kappa shape index (κ1) is 16.5. The lowest BCUT2D eigenvalue weighted by Gasteiger charge is -2.15. The predicted molar refractivity (Wildman–Crippen MR) is 90.8 cm³/mol. The minimum Gasteiger partial charge on any atom is -0.481 e. The van der Waals surface area contributed by atoms with E-state index in [9.17, 15) is 4.79 Å². The van der Waals surface area contributed by atoms with E-state index in [0.717, 1.165) is 17.4 Å². The Labute approximate surface area is 147 Å². The van der Waals surface area contributed by atoms with Gasteiger partial charge in [0.05, 0.1) is 23.8 Å². The molecule has 3 rings (SSSR count). The highest BCUT2D eigenvalue weighted by Gasteiger charge is 2.21. The fourth-order valence-corrected chi connectivity index (χ4v) is 3.13. The van der Waals surface area contributed by atoms with Crippen molar-refractivity contribution in [2.24, 2.45) is 0 Å². The number of nitrogens with zero attached hydrogens (tertiary/aromatic N) is 5. The Hall–Kier alpha value is -2.32. The molecule has 2 heterocycles. The van der Waals surface area contributed by atoms with Crippen molar-refractivity contribution in [3.05, 3.63) is 53.8 Å². The third kappa shape index (κ3) is 3.44. The number of halogens is 1. The molecule has 1 N–H and O–H groups in total. The molecule has 0 aliphatic heterocycles. The maximum absolute atomic E-state index is 10.9. The quantitative estimate of drug-likeness (QED) is 0.678. The molecule has 7 nitrogen and oxygen atoms in total. The van der Waals surface area contributed by atoms with Crippen LogP contribution in [0.4, 0.5) is 0 Å². The van der Waals surface area contributed by atoms with Gasteiger partial charge in [-0.05, 0) is 25.1 Å². The van der Waals surface area contributed by atoms with Gasteiger partial charge < -0.3 is 9.67 Å². The summed E-state index contributed by atoms with van der Waals surface area (Å²) in [5.41, 5.74) is 0.780. The molecule has 3 aromatic rings. The van der Waals surface area contributed by atoms with Gasteiger partial charge in [-0.1, -0.05) is 29.4 Å². The van der Waals surface area contributed by atoms with Crippen LogP contribution < -0.4 is 0 Å². The van der Waals surface area contributed by atoms with Crippen LogP contribution in [-0.2, 0) is 4.79 Å². The van der Waals surface area contributed by atoms with Gasteiger partial charge in [0.1, 0.15) is 0 Å². The summed E-state index contributed by atoms with van der Waals surface area (Å²) >= 11 is 7.22. The molecule has 0 saturated heterocycles. The normalized spacial score (nSPS) is 12.2. The van der Waals surface area contributed by atoms with Crippen LogP contribution in [-0.4, -0.2) is 41.1 Å². The third-order valence-corrected chi connectivity index (χ3v) is 4.54. The number of benzene rings is 1. The summed E-state index contributed by atoms with van der Waals surface area (Å²) in [6.45, 7) is 1.97. The smallest absolute Gasteiger partial charge is 0.313 e. The number of hydrogen-bond donors (Lipinski definition) is 1. The van der Waals surface area contributed by atoms with Crippen molar-refractivity contribution < 1.29 is 9.90 Å². The summed E-state index contributed by atoms with van der Waals surface area (Å²) in [6.07, 6.45) is 5.23. The molecule has 1 aromatic carbocycles. The van der Waals surface area contributed by atoms with Crippen molar-refractivity contribution in [1.29, 1.82) is 0 Å². The fraction of sp³-hybridized carbons (Fsp3) is 0.200. The molecule has 0 aliphatic rings. The second-order valence-corrected chi connectivity index (χ2v) is 6.40. The summed E-state index contributed by atoms with van der Waals surface area (Å²) in [5, 5.41) is 18.4. The zero-order valence-corrected chi connectivity index (χ0v) is 14.3. The molecule has 0 saturated carbocycles. The van der Waals surface area contributed by atoms with Crippen LogP contribution >= 0.6 is 23.4 Å². The van der Waals surface area contributed by atoms with Crippen LogP contribution in [0.2, 0.25) is 5.02 Å². The maximum atomic E-state index is 10.9. The number of hydrogen-bond acceptors (Lipinski definition) is 5. The summed E-state index contributed by atoms with van der Waals surface area (Å²) in [5.74, 6) is -0.342. The van der Waals surface area contributed by atoms with E-state index < -0.39 is 5.97 Å². The van der Waals surface area contributed by atoms with Gasteiger partial charge in [0.2, 0.25) is 0 Å². The van der Waals surface area contributed by atoms with Gasteiger partial charge in [-0.25, -0.2) is 4.98 Å². The highest BCUT2D eigenvalue weighted by Crippen LogP contribution is 2.27. The molecule has 0 fully saturated rings. The summed E-state index contributed by atoms with van der Waals surface area (Å²) < 4.78 is 3.72. The highest BCUT2D eigenvalue weighted by molar-refractivity contribution is 7.99. The van der Waals surface area contributed by atoms with Gasteiger partial charge in [-0.15, -0.1) is 10.2 Å². The lowest BCUT2D eigenvalue weighted by Crippen LogP contribution is -2.12. The highest BCUT2D eigenvalue weighted by atomic mass is 35.5. The Kier molecular flexibility index (Phi) is 4.86. The Morgan fingerprint density at radius 1 is 1.42 bits per heavy atom. The van der Waals surface area contributed by atoms with Crippen molar-refractivity contribution in [2.75, 3.05) is 5.75 Å². The van der Waals surface area contributed by atoms with Gasteiger partial charge in [0, 0.05) is 17.4 Å². The van der Waals surface area contributed by atoms with Crippen LogP contribution in [0.1, 0.15) is 18.8 Å². The lowest BCUT2D eigenvalue weighted by atomic mass is 10.2. The van der Waals surface area contributed by atoms with Crippen molar-refractivity contribution >= 4 is 29.3 Å². The number of rotatable bonds is 6. The molecular weight excluding hydrogens is 350 g/mol. The van der Waals surface area contributed by atoms with Gasteiger partial charge >= 0.3 is 5.97 Å². The van der Waals surface area contributed by atoms with Gasteiger partial charge in [-0.3, -0.25) is 9.36 Å². The van der Waals surface area contributed by atoms with E-state index in [1.54, 1.807) is 24.7 Å². The van der Waals surface area contributed by atoms with Crippen LogP contribution in [0, 0.1) is 0 Å². The third-order valence-electron chi connectivity index (χ3n) is 3.40. The van der Waals surface area contributed by atoms with Crippen LogP contribution in [0.15, 0.2) is 48.1 Å². The van der Waals surface area contributed by atoms with Crippen LogP contribution in [0.3, 0.4) is 0 Å². The van der Waals surface area contributed by atoms with E-state index in [2.05, 4.69) is 15.2 Å². The summed E-state index contributed by atoms with van der Waals surface area (Å²) in [6, 6.07) is 7.15. The van der Waals surface area contributed by atoms with E-state index in [0.29, 0.717) is 16.0 Å². The second kappa shape index (κ2) is 7.06. The second-order valence-electron chi connectivity index (χ2n) is 5.02. The maximum Gasteiger partial charge on any atom is 0.313 e. The zero-order valence-electron chi connectivity index (χ0n) is 12.7. The molecule has 0 unspecified atom stereocenters. The lowest BCUT2D eigenvalue weighted by molar-refractivity contribution is -0.133. The van der Waals surface area contributed by atoms with Crippen molar-refractivity contribution in [3.63, 3.8) is 0 Å². The number of aliphatic carboxylic acids is 1. The van der Waals surface area contributed by atoms with E-state index in [1.165, 1.54) is 0 Å². The SMILES string of the molecule is C[C@H](c1nnc(SCC(=O)O)n1-c1cccc(Cl)c1)n1ccnc1. The average Bonchev–Trinajstić information content (AvgIpc) is 3.22. The van der Waals surface area contributed by atoms with Gasteiger partial charge in [0.25, 0.3) is 0 Å². The molecular formula is C15H14ClN5O2S. The predicted octanol–water partition coefficient (Wildman–Crippen LogP) is 2.90. The van der Waals surface area contributed by atoms with Crippen LogP contribution in [0.25, 0.3) is 5.69 Å². The Bertz CT molecular complexity index is 849. The van der Waals surface area contributed by atoms with Crippen molar-refractivity contribution in [1.82, 2.24) is 24.3 Å². The minimum absolute atomic E-state index is 0.0991.